The number of benzene rings is 1. The minimum absolute atomic E-state index is 0.0199. The van der Waals surface area contributed by atoms with Crippen LogP contribution in [0.5, 0.6) is 5.75 Å². The Morgan fingerprint density at radius 2 is 2.15 bits per heavy atom. The lowest BCUT2D eigenvalue weighted by Gasteiger charge is -2.35. The molecule has 1 saturated heterocycles. The Hall–Kier alpha value is -2.77. The van der Waals surface area contributed by atoms with Crippen LogP contribution in [-0.2, 0) is 20.7 Å². The second-order valence-corrected chi connectivity index (χ2v) is 6.66. The lowest BCUT2D eigenvalue weighted by molar-refractivity contribution is -0.122. The summed E-state index contributed by atoms with van der Waals surface area (Å²) in [5.74, 6) is 0.529. The van der Waals surface area contributed by atoms with Crippen molar-refractivity contribution in [2.45, 2.75) is 32.3 Å². The average molecular weight is 359 g/mol. The second kappa shape index (κ2) is 6.51. The second-order valence-electron chi connectivity index (χ2n) is 6.66. The Balaban J connectivity index is 1.56. The van der Waals surface area contributed by atoms with Gasteiger partial charge in [-0.05, 0) is 24.5 Å². The Morgan fingerprint density at radius 1 is 1.31 bits per heavy atom. The van der Waals surface area contributed by atoms with Gasteiger partial charge in [0, 0.05) is 19.0 Å². The number of aryl methyl sites for hydroxylation is 1. The third-order valence-corrected chi connectivity index (χ3v) is 4.92. The zero-order chi connectivity index (χ0) is 18.3. The third kappa shape index (κ3) is 2.85. The highest BCUT2D eigenvalue weighted by Gasteiger charge is 2.36. The number of nitrogens with one attached hydrogen (secondary N) is 1. The summed E-state index contributed by atoms with van der Waals surface area (Å²) in [5, 5.41) is 2.75. The fourth-order valence-electron chi connectivity index (χ4n) is 3.61. The minimum Gasteiger partial charge on any atom is -0.481 e. The maximum Gasteiger partial charge on any atom is 0.414 e. The Morgan fingerprint density at radius 3 is 2.96 bits per heavy atom. The summed E-state index contributed by atoms with van der Waals surface area (Å²) in [6, 6.07) is 3.72. The first-order valence-electron chi connectivity index (χ1n) is 8.91. The maximum atomic E-state index is 12.3. The van der Waals surface area contributed by atoms with Crippen LogP contribution in [0, 0.1) is 0 Å². The molecule has 1 N–H and O–H groups in total. The largest absolute Gasteiger partial charge is 0.481 e. The molecule has 0 radical (unpaired) electrons. The van der Waals surface area contributed by atoms with Gasteiger partial charge in [0.15, 0.2) is 6.61 Å². The molecule has 3 aliphatic heterocycles. The van der Waals surface area contributed by atoms with Crippen molar-refractivity contribution in [1.82, 2.24) is 5.32 Å². The van der Waals surface area contributed by atoms with Crippen molar-refractivity contribution in [2.24, 2.45) is 0 Å². The number of ether oxygens (including phenoxy) is 2. The van der Waals surface area contributed by atoms with Crippen molar-refractivity contribution >= 4 is 29.3 Å². The number of anilines is 2. The van der Waals surface area contributed by atoms with Crippen molar-refractivity contribution in [3.05, 3.63) is 17.7 Å². The Labute approximate surface area is 151 Å². The summed E-state index contributed by atoms with van der Waals surface area (Å²) in [5.41, 5.74) is 2.53. The molecule has 0 saturated carbocycles. The van der Waals surface area contributed by atoms with Gasteiger partial charge < -0.3 is 19.7 Å². The predicted octanol–water partition coefficient (Wildman–Crippen LogP) is 1.21. The van der Waals surface area contributed by atoms with E-state index in [-0.39, 0.29) is 24.5 Å². The zero-order valence-electron chi connectivity index (χ0n) is 14.6. The zero-order valence-corrected chi connectivity index (χ0v) is 14.6. The Kier molecular flexibility index (Phi) is 4.18. The molecule has 3 heterocycles. The average Bonchev–Trinajstić information content (AvgIpc) is 3.03. The van der Waals surface area contributed by atoms with E-state index in [1.807, 2.05) is 6.07 Å². The van der Waals surface area contributed by atoms with E-state index in [4.69, 9.17) is 9.47 Å². The van der Waals surface area contributed by atoms with E-state index in [0.29, 0.717) is 37.5 Å². The molecular formula is C18H21N3O5. The summed E-state index contributed by atoms with van der Waals surface area (Å²) in [6.45, 7) is 3.16. The smallest absolute Gasteiger partial charge is 0.414 e. The maximum absolute atomic E-state index is 12.3. The molecule has 138 valence electrons. The van der Waals surface area contributed by atoms with Gasteiger partial charge in [-0.25, -0.2) is 4.79 Å². The van der Waals surface area contributed by atoms with E-state index in [1.165, 1.54) is 0 Å². The van der Waals surface area contributed by atoms with E-state index in [0.717, 1.165) is 24.1 Å². The molecule has 0 aliphatic carbocycles. The molecule has 8 nitrogen and oxygen atoms in total. The molecule has 1 atom stereocenters. The predicted molar refractivity (Wildman–Crippen MR) is 93.5 cm³/mol. The van der Waals surface area contributed by atoms with Crippen molar-refractivity contribution in [2.75, 3.05) is 36.0 Å². The summed E-state index contributed by atoms with van der Waals surface area (Å²) in [4.78, 5) is 39.0. The Bertz CT molecular complexity index is 761. The van der Waals surface area contributed by atoms with Gasteiger partial charge in [0.25, 0.3) is 5.91 Å². The molecule has 0 aromatic heterocycles. The van der Waals surface area contributed by atoms with Crippen molar-refractivity contribution in [1.29, 1.82) is 0 Å². The number of hydrogen-bond acceptors (Lipinski definition) is 5. The van der Waals surface area contributed by atoms with E-state index < -0.39 is 6.09 Å². The van der Waals surface area contributed by atoms with Crippen LogP contribution in [-0.4, -0.2) is 50.3 Å². The number of carbonyl (C=O) groups is 3. The normalized spacial score (nSPS) is 21.2. The van der Waals surface area contributed by atoms with Gasteiger partial charge in [-0.3, -0.25) is 14.5 Å². The fraction of sp³-hybridized carbons (Fsp3) is 0.500. The molecule has 0 bridgehead atoms. The number of amides is 3. The molecule has 3 aliphatic rings. The fourth-order valence-corrected chi connectivity index (χ4v) is 3.61. The molecule has 1 aromatic rings. The first-order valence-corrected chi connectivity index (χ1v) is 8.91. The standard InChI is InChI=1S/C18H21N3O5/c1-2-15(22)19-8-13-9-21(18(24)26-13)12-6-11-4-3-5-20-16(23)10-25-14(7-12)17(11)20/h6-7,13H,2-5,8-10H2,1H3,(H,19,22)/t13-/m0/s1. The number of rotatable bonds is 4. The molecule has 1 aromatic carbocycles. The molecule has 0 unspecified atom stereocenters. The van der Waals surface area contributed by atoms with Crippen LogP contribution in [0.2, 0.25) is 0 Å². The van der Waals surface area contributed by atoms with Gasteiger partial charge in [0.1, 0.15) is 11.9 Å². The van der Waals surface area contributed by atoms with E-state index in [1.54, 1.807) is 22.8 Å². The molecule has 0 spiro atoms. The van der Waals surface area contributed by atoms with E-state index in [9.17, 15) is 14.4 Å². The number of hydrogen-bond donors (Lipinski definition) is 1. The molecule has 4 rings (SSSR count). The summed E-state index contributed by atoms with van der Waals surface area (Å²) >= 11 is 0. The van der Waals surface area contributed by atoms with Gasteiger partial charge in [-0.1, -0.05) is 6.92 Å². The summed E-state index contributed by atoms with van der Waals surface area (Å²) < 4.78 is 11.0. The van der Waals surface area contributed by atoms with Crippen LogP contribution in [0.3, 0.4) is 0 Å². The quantitative estimate of drug-likeness (QED) is 0.873. The molecular weight excluding hydrogens is 338 g/mol. The molecule has 1 fully saturated rings. The first kappa shape index (κ1) is 16.7. The van der Waals surface area contributed by atoms with Crippen molar-refractivity contribution in [3.8, 4) is 5.75 Å². The van der Waals surface area contributed by atoms with Crippen LogP contribution >= 0.6 is 0 Å². The first-order chi connectivity index (χ1) is 12.6. The van der Waals surface area contributed by atoms with Crippen LogP contribution in [0.4, 0.5) is 16.2 Å². The minimum atomic E-state index is -0.438. The lowest BCUT2D eigenvalue weighted by Crippen LogP contribution is -2.42. The van der Waals surface area contributed by atoms with Crippen LogP contribution in [0.15, 0.2) is 12.1 Å². The van der Waals surface area contributed by atoms with Gasteiger partial charge in [0.2, 0.25) is 5.91 Å². The molecule has 3 amide bonds. The van der Waals surface area contributed by atoms with E-state index >= 15 is 0 Å². The molecule has 8 heteroatoms. The van der Waals surface area contributed by atoms with Gasteiger partial charge >= 0.3 is 6.09 Å². The van der Waals surface area contributed by atoms with Crippen molar-refractivity contribution < 1.29 is 23.9 Å². The van der Waals surface area contributed by atoms with Gasteiger partial charge in [-0.15, -0.1) is 0 Å². The highest BCUT2D eigenvalue weighted by molar-refractivity contribution is 6.00. The van der Waals surface area contributed by atoms with Crippen molar-refractivity contribution in [3.63, 3.8) is 0 Å². The van der Waals surface area contributed by atoms with Crippen LogP contribution in [0.1, 0.15) is 25.3 Å². The lowest BCUT2D eigenvalue weighted by atomic mass is 9.98. The SMILES string of the molecule is CCC(=O)NC[C@H]1CN(c2cc3c4c(c2)OCC(=O)N4CCC3)C(=O)O1. The monoisotopic (exact) mass is 359 g/mol. The highest BCUT2D eigenvalue weighted by atomic mass is 16.6. The highest BCUT2D eigenvalue weighted by Crippen LogP contribution is 2.42. The van der Waals surface area contributed by atoms with E-state index in [2.05, 4.69) is 5.32 Å². The van der Waals surface area contributed by atoms with Crippen LogP contribution < -0.4 is 19.9 Å². The van der Waals surface area contributed by atoms with Gasteiger partial charge in [-0.2, -0.15) is 0 Å². The number of carbonyl (C=O) groups excluding carboxylic acids is 3. The molecule has 26 heavy (non-hydrogen) atoms. The number of cyclic esters (lactones) is 1. The summed E-state index contributed by atoms with van der Waals surface area (Å²) in [6.07, 6.45) is 1.29. The summed E-state index contributed by atoms with van der Waals surface area (Å²) in [7, 11) is 0. The third-order valence-electron chi connectivity index (χ3n) is 4.92. The topological polar surface area (TPSA) is 88.2 Å². The van der Waals surface area contributed by atoms with Crippen LogP contribution in [0.25, 0.3) is 0 Å². The number of nitrogens with zero attached hydrogens (tertiary/aromatic N) is 2. The van der Waals surface area contributed by atoms with Gasteiger partial charge in [0.05, 0.1) is 24.5 Å².